The number of anilines is 1. The fraction of sp³-hybridized carbons (Fsp3) is 0.500. The van der Waals surface area contributed by atoms with Crippen LogP contribution in [0.5, 0.6) is 0 Å². The Kier molecular flexibility index (Phi) is 3.58. The van der Waals surface area contributed by atoms with Gasteiger partial charge in [0.15, 0.2) is 5.82 Å². The Balaban J connectivity index is 2.29. The molecule has 0 spiro atoms. The summed E-state index contributed by atoms with van der Waals surface area (Å²) >= 11 is 0. The number of nitrogens with zero attached hydrogens (tertiary/aromatic N) is 3. The lowest BCUT2D eigenvalue weighted by molar-refractivity contribution is 0.786. The maximum absolute atomic E-state index is 4.52. The molecular formula is C12H19N5. The lowest BCUT2D eigenvalue weighted by Crippen LogP contribution is -2.18. The Morgan fingerprint density at radius 1 is 1.35 bits per heavy atom. The minimum atomic E-state index is 0.431. The monoisotopic (exact) mass is 233 g/mol. The third-order valence-electron chi connectivity index (χ3n) is 2.67. The van der Waals surface area contributed by atoms with Crippen LogP contribution in [0.1, 0.15) is 25.5 Å². The molecule has 0 bridgehead atoms. The summed E-state index contributed by atoms with van der Waals surface area (Å²) in [4.78, 5) is 4.35. The van der Waals surface area contributed by atoms with Gasteiger partial charge in [0, 0.05) is 25.5 Å². The number of hydrogen-bond donors (Lipinski definition) is 2. The molecule has 5 nitrogen and oxygen atoms in total. The van der Waals surface area contributed by atoms with Gasteiger partial charge >= 0.3 is 0 Å². The van der Waals surface area contributed by atoms with E-state index in [0.717, 1.165) is 30.1 Å². The molecule has 2 heterocycles. The van der Waals surface area contributed by atoms with Crippen LogP contribution in [0.25, 0.3) is 5.52 Å². The fourth-order valence-electron chi connectivity index (χ4n) is 1.67. The molecule has 0 saturated heterocycles. The van der Waals surface area contributed by atoms with Crippen molar-refractivity contribution in [2.45, 2.75) is 19.8 Å². The summed E-state index contributed by atoms with van der Waals surface area (Å²) in [6, 6.07) is 2.10. The molecule has 17 heavy (non-hydrogen) atoms. The van der Waals surface area contributed by atoms with Crippen molar-refractivity contribution in [1.29, 1.82) is 0 Å². The number of hydrogen-bond acceptors (Lipinski definition) is 4. The molecule has 2 aromatic heterocycles. The molecular weight excluding hydrogens is 214 g/mol. The first-order chi connectivity index (χ1) is 8.22. The highest BCUT2D eigenvalue weighted by atomic mass is 15.2. The van der Waals surface area contributed by atoms with Gasteiger partial charge in [0.1, 0.15) is 5.52 Å². The third-order valence-corrected chi connectivity index (χ3v) is 2.67. The van der Waals surface area contributed by atoms with Crippen LogP contribution in [0, 0.1) is 0 Å². The van der Waals surface area contributed by atoms with Crippen LogP contribution in [0.3, 0.4) is 0 Å². The van der Waals surface area contributed by atoms with Crippen LogP contribution < -0.4 is 10.6 Å². The summed E-state index contributed by atoms with van der Waals surface area (Å²) in [7, 11) is 1.94. The Morgan fingerprint density at radius 2 is 2.18 bits per heavy atom. The number of aromatic nitrogens is 3. The Morgan fingerprint density at radius 3 is 2.88 bits per heavy atom. The molecule has 2 aromatic rings. The van der Waals surface area contributed by atoms with Crippen molar-refractivity contribution in [3.8, 4) is 0 Å². The summed E-state index contributed by atoms with van der Waals surface area (Å²) in [6.07, 6.45) is 3.65. The highest BCUT2D eigenvalue weighted by molar-refractivity contribution is 5.67. The molecule has 0 unspecified atom stereocenters. The molecule has 5 heteroatoms. The van der Waals surface area contributed by atoms with E-state index >= 15 is 0 Å². The van der Waals surface area contributed by atoms with Crippen molar-refractivity contribution in [3.63, 3.8) is 0 Å². The van der Waals surface area contributed by atoms with Gasteiger partial charge in [0.2, 0.25) is 0 Å². The second-order valence-corrected chi connectivity index (χ2v) is 4.36. The van der Waals surface area contributed by atoms with Gasteiger partial charge in [-0.15, -0.1) is 0 Å². The van der Waals surface area contributed by atoms with Crippen molar-refractivity contribution < 1.29 is 0 Å². The zero-order valence-electron chi connectivity index (χ0n) is 10.6. The average molecular weight is 233 g/mol. The lowest BCUT2D eigenvalue weighted by atomic mass is 10.1. The molecule has 0 radical (unpaired) electrons. The first-order valence-electron chi connectivity index (χ1n) is 5.95. The van der Waals surface area contributed by atoms with Crippen LogP contribution in [-0.2, 0) is 0 Å². The highest BCUT2D eigenvalue weighted by Gasteiger charge is 2.08. The molecule has 0 aliphatic rings. The second kappa shape index (κ2) is 5.14. The summed E-state index contributed by atoms with van der Waals surface area (Å²) in [6.45, 7) is 6.05. The molecule has 0 saturated carbocycles. The van der Waals surface area contributed by atoms with E-state index in [4.69, 9.17) is 0 Å². The topological polar surface area (TPSA) is 54.2 Å². The van der Waals surface area contributed by atoms with Gasteiger partial charge in [0.05, 0.1) is 5.69 Å². The maximum atomic E-state index is 4.52. The summed E-state index contributed by atoms with van der Waals surface area (Å²) in [5.41, 5.74) is 2.13. The van der Waals surface area contributed by atoms with E-state index in [-0.39, 0.29) is 0 Å². The predicted octanol–water partition coefficient (Wildman–Crippen LogP) is 1.48. The minimum absolute atomic E-state index is 0.431. The van der Waals surface area contributed by atoms with Crippen molar-refractivity contribution in [1.82, 2.24) is 19.9 Å². The van der Waals surface area contributed by atoms with Crippen molar-refractivity contribution in [3.05, 3.63) is 24.2 Å². The number of fused-ring (bicyclic) bond motifs is 1. The minimum Gasteiger partial charge on any atom is -0.367 e. The van der Waals surface area contributed by atoms with E-state index in [0.29, 0.717) is 5.92 Å². The van der Waals surface area contributed by atoms with Crippen molar-refractivity contribution >= 4 is 11.3 Å². The maximum Gasteiger partial charge on any atom is 0.152 e. The fourth-order valence-corrected chi connectivity index (χ4v) is 1.67. The van der Waals surface area contributed by atoms with E-state index < -0.39 is 0 Å². The zero-order valence-corrected chi connectivity index (χ0v) is 10.6. The van der Waals surface area contributed by atoms with Gasteiger partial charge < -0.3 is 10.6 Å². The Hall–Kier alpha value is -1.62. The molecule has 92 valence electrons. The number of nitrogens with one attached hydrogen (secondary N) is 2. The highest BCUT2D eigenvalue weighted by Crippen LogP contribution is 2.19. The second-order valence-electron chi connectivity index (χ2n) is 4.36. The molecule has 0 amide bonds. The van der Waals surface area contributed by atoms with Crippen LogP contribution in [0.4, 0.5) is 5.82 Å². The van der Waals surface area contributed by atoms with E-state index in [2.05, 4.69) is 40.6 Å². The van der Waals surface area contributed by atoms with Crippen molar-refractivity contribution in [2.75, 3.05) is 25.5 Å². The predicted molar refractivity (Wildman–Crippen MR) is 69.5 cm³/mol. The molecule has 2 rings (SSSR count). The van der Waals surface area contributed by atoms with Gasteiger partial charge in [-0.3, -0.25) is 0 Å². The van der Waals surface area contributed by atoms with E-state index in [1.807, 2.05) is 17.8 Å². The van der Waals surface area contributed by atoms with Crippen LogP contribution in [0.15, 0.2) is 18.5 Å². The average Bonchev–Trinajstić information content (AvgIpc) is 2.74. The lowest BCUT2D eigenvalue weighted by Gasteiger charge is -2.05. The van der Waals surface area contributed by atoms with Gasteiger partial charge in [-0.05, 0) is 19.0 Å². The molecule has 0 atom stereocenters. The smallest absolute Gasteiger partial charge is 0.152 e. The Labute approximate surface area is 101 Å². The van der Waals surface area contributed by atoms with Crippen LogP contribution in [0.2, 0.25) is 0 Å². The molecule has 0 aliphatic heterocycles. The number of likely N-dealkylation sites (N-methyl/N-ethyl adjacent to an activating group) is 1. The van der Waals surface area contributed by atoms with E-state index in [1.54, 1.807) is 6.20 Å². The van der Waals surface area contributed by atoms with E-state index in [9.17, 15) is 0 Å². The first-order valence-corrected chi connectivity index (χ1v) is 5.95. The summed E-state index contributed by atoms with van der Waals surface area (Å²) < 4.78 is 1.88. The van der Waals surface area contributed by atoms with Gasteiger partial charge in [-0.25, -0.2) is 9.50 Å². The van der Waals surface area contributed by atoms with Gasteiger partial charge in [-0.2, -0.15) is 5.10 Å². The van der Waals surface area contributed by atoms with Gasteiger partial charge in [-0.1, -0.05) is 13.8 Å². The normalized spacial score (nSPS) is 11.3. The Bertz CT molecular complexity index is 489. The van der Waals surface area contributed by atoms with E-state index in [1.165, 1.54) is 0 Å². The van der Waals surface area contributed by atoms with Crippen LogP contribution >= 0.6 is 0 Å². The SMILES string of the molecule is CNCCNc1nccn2nc(C(C)C)cc12. The largest absolute Gasteiger partial charge is 0.367 e. The molecule has 0 fully saturated rings. The zero-order chi connectivity index (χ0) is 12.3. The van der Waals surface area contributed by atoms with Gasteiger partial charge in [0.25, 0.3) is 0 Å². The molecule has 0 aromatic carbocycles. The van der Waals surface area contributed by atoms with Crippen LogP contribution in [-0.4, -0.2) is 34.7 Å². The standard InChI is InChI=1S/C12H19N5/c1-9(2)10-8-11-12(14-5-4-13-3)15-6-7-17(11)16-10/h6-9,13H,4-5H2,1-3H3,(H,14,15). The first kappa shape index (κ1) is 11.9. The summed E-state index contributed by atoms with van der Waals surface area (Å²) in [5, 5.41) is 10.9. The molecule has 2 N–H and O–H groups in total. The number of rotatable bonds is 5. The molecule has 0 aliphatic carbocycles. The quantitative estimate of drug-likeness (QED) is 0.768. The third kappa shape index (κ3) is 2.55. The van der Waals surface area contributed by atoms with Crippen molar-refractivity contribution in [2.24, 2.45) is 0 Å². The summed E-state index contributed by atoms with van der Waals surface area (Å²) in [5.74, 6) is 1.32.